The van der Waals surface area contributed by atoms with Crippen LogP contribution >= 0.6 is 11.3 Å². The third kappa shape index (κ3) is 2.95. The third-order valence-corrected chi connectivity index (χ3v) is 4.73. The van der Waals surface area contributed by atoms with Crippen molar-refractivity contribution in [2.75, 3.05) is 0 Å². The van der Waals surface area contributed by atoms with Crippen molar-refractivity contribution in [3.8, 4) is 0 Å². The van der Waals surface area contributed by atoms with Crippen LogP contribution in [0, 0.1) is 5.92 Å². The smallest absolute Gasteiger partial charge is 0.329 e. The summed E-state index contributed by atoms with van der Waals surface area (Å²) in [6, 6.07) is 3.42. The molecule has 110 valence electrons. The molecule has 20 heavy (non-hydrogen) atoms. The molecule has 0 aromatic carbocycles. The molecule has 1 saturated carbocycles. The Hall–Kier alpha value is -1.56. The lowest BCUT2D eigenvalue weighted by atomic mass is 9.77. The second kappa shape index (κ2) is 5.83. The standard InChI is InChI=1S/C14H20N2O3S/c1-9(2)11(10-5-3-8-20-10)15-13(19)16-14(12(17)18)6-4-7-14/h3,5,8-9,11H,4,6-7H2,1-2H3,(H,17,18)(H2,15,16,19). The zero-order valence-electron chi connectivity index (χ0n) is 11.7. The number of thiophene rings is 1. The largest absolute Gasteiger partial charge is 0.480 e. The number of carboxylic acids is 1. The second-order valence-electron chi connectivity index (χ2n) is 5.58. The van der Waals surface area contributed by atoms with Gasteiger partial charge in [-0.1, -0.05) is 19.9 Å². The van der Waals surface area contributed by atoms with E-state index in [0.717, 1.165) is 11.3 Å². The lowest BCUT2D eigenvalue weighted by Gasteiger charge is -2.38. The van der Waals surface area contributed by atoms with Gasteiger partial charge in [-0.2, -0.15) is 0 Å². The number of amides is 2. The van der Waals surface area contributed by atoms with E-state index in [1.165, 1.54) is 0 Å². The van der Waals surface area contributed by atoms with Crippen LogP contribution in [0.1, 0.15) is 44.0 Å². The Bertz CT molecular complexity index is 481. The highest BCUT2D eigenvalue weighted by molar-refractivity contribution is 7.10. The highest BCUT2D eigenvalue weighted by Gasteiger charge is 2.46. The number of hydrogen-bond acceptors (Lipinski definition) is 3. The fourth-order valence-electron chi connectivity index (χ4n) is 2.35. The summed E-state index contributed by atoms with van der Waals surface area (Å²) >= 11 is 1.59. The van der Waals surface area contributed by atoms with Crippen molar-refractivity contribution in [3.05, 3.63) is 22.4 Å². The van der Waals surface area contributed by atoms with Crippen LogP contribution in [0.2, 0.25) is 0 Å². The number of carbonyl (C=O) groups excluding carboxylic acids is 1. The molecule has 2 amide bonds. The number of aliphatic carboxylic acids is 1. The number of hydrogen-bond donors (Lipinski definition) is 3. The topological polar surface area (TPSA) is 78.4 Å². The minimum absolute atomic E-state index is 0.0964. The molecular formula is C14H20N2O3S. The molecule has 1 unspecified atom stereocenters. The minimum Gasteiger partial charge on any atom is -0.480 e. The number of nitrogens with one attached hydrogen (secondary N) is 2. The van der Waals surface area contributed by atoms with Crippen LogP contribution in [-0.4, -0.2) is 22.6 Å². The Morgan fingerprint density at radius 2 is 2.10 bits per heavy atom. The number of rotatable bonds is 5. The Labute approximate surface area is 122 Å². The van der Waals surface area contributed by atoms with Crippen molar-refractivity contribution >= 4 is 23.3 Å². The zero-order chi connectivity index (χ0) is 14.8. The van der Waals surface area contributed by atoms with Crippen LogP contribution in [-0.2, 0) is 4.79 Å². The van der Waals surface area contributed by atoms with E-state index in [1.54, 1.807) is 11.3 Å². The molecule has 1 aromatic rings. The molecule has 0 saturated heterocycles. The summed E-state index contributed by atoms with van der Waals surface area (Å²) in [4.78, 5) is 24.4. The second-order valence-corrected chi connectivity index (χ2v) is 6.56. The van der Waals surface area contributed by atoms with E-state index in [0.29, 0.717) is 12.8 Å². The predicted octanol–water partition coefficient (Wildman–Crippen LogP) is 2.75. The van der Waals surface area contributed by atoms with Gasteiger partial charge in [0.2, 0.25) is 0 Å². The van der Waals surface area contributed by atoms with E-state index in [2.05, 4.69) is 10.6 Å². The van der Waals surface area contributed by atoms with E-state index in [-0.39, 0.29) is 12.0 Å². The molecule has 3 N–H and O–H groups in total. The predicted molar refractivity (Wildman–Crippen MR) is 77.8 cm³/mol. The summed E-state index contributed by atoms with van der Waals surface area (Å²) in [6.07, 6.45) is 1.84. The molecule has 0 aliphatic heterocycles. The molecule has 0 spiro atoms. The lowest BCUT2D eigenvalue weighted by molar-refractivity contribution is -0.148. The SMILES string of the molecule is CC(C)C(NC(=O)NC1(C(=O)O)CCC1)c1cccs1. The summed E-state index contributed by atoms with van der Waals surface area (Å²) in [5, 5.41) is 16.7. The van der Waals surface area contributed by atoms with Crippen molar-refractivity contribution in [1.82, 2.24) is 10.6 Å². The van der Waals surface area contributed by atoms with Gasteiger partial charge < -0.3 is 15.7 Å². The Balaban J connectivity index is 2.01. The van der Waals surface area contributed by atoms with Gasteiger partial charge in [0.05, 0.1) is 6.04 Å². The quantitative estimate of drug-likeness (QED) is 0.781. The minimum atomic E-state index is -1.07. The molecule has 1 aromatic heterocycles. The zero-order valence-corrected chi connectivity index (χ0v) is 12.5. The molecule has 1 aliphatic rings. The van der Waals surface area contributed by atoms with Gasteiger partial charge in [-0.15, -0.1) is 11.3 Å². The Kier molecular flexibility index (Phi) is 4.32. The summed E-state index contributed by atoms with van der Waals surface area (Å²) in [6.45, 7) is 4.06. The molecule has 1 fully saturated rings. The highest BCUT2D eigenvalue weighted by Crippen LogP contribution is 2.32. The molecule has 5 nitrogen and oxygen atoms in total. The summed E-state index contributed by atoms with van der Waals surface area (Å²) in [5.41, 5.74) is -1.07. The Morgan fingerprint density at radius 3 is 2.50 bits per heavy atom. The normalized spacial score (nSPS) is 18.1. The van der Waals surface area contributed by atoms with Crippen molar-refractivity contribution in [2.24, 2.45) is 5.92 Å². The van der Waals surface area contributed by atoms with Crippen LogP contribution in [0.15, 0.2) is 17.5 Å². The average Bonchev–Trinajstić information content (AvgIpc) is 2.83. The van der Waals surface area contributed by atoms with Crippen molar-refractivity contribution in [1.29, 1.82) is 0 Å². The molecule has 6 heteroatoms. The van der Waals surface area contributed by atoms with Crippen LogP contribution in [0.5, 0.6) is 0 Å². The van der Waals surface area contributed by atoms with Gasteiger partial charge in [-0.25, -0.2) is 9.59 Å². The molecule has 1 heterocycles. The van der Waals surface area contributed by atoms with E-state index in [4.69, 9.17) is 0 Å². The van der Waals surface area contributed by atoms with Gasteiger partial charge >= 0.3 is 12.0 Å². The van der Waals surface area contributed by atoms with Crippen LogP contribution in [0.3, 0.4) is 0 Å². The van der Waals surface area contributed by atoms with Gasteiger partial charge in [0.1, 0.15) is 5.54 Å². The maximum Gasteiger partial charge on any atom is 0.329 e. The number of carboxylic acid groups (broad SMARTS) is 1. The summed E-state index contributed by atoms with van der Waals surface area (Å²) in [5.74, 6) is -0.710. The van der Waals surface area contributed by atoms with E-state index in [1.807, 2.05) is 31.4 Å². The first-order chi connectivity index (χ1) is 9.44. The van der Waals surface area contributed by atoms with E-state index in [9.17, 15) is 14.7 Å². The van der Waals surface area contributed by atoms with E-state index < -0.39 is 17.5 Å². The highest BCUT2D eigenvalue weighted by atomic mass is 32.1. The summed E-state index contributed by atoms with van der Waals surface area (Å²) in [7, 11) is 0. The van der Waals surface area contributed by atoms with Gasteiger partial charge in [0.25, 0.3) is 0 Å². The maximum atomic E-state index is 12.1. The van der Waals surface area contributed by atoms with Crippen molar-refractivity contribution < 1.29 is 14.7 Å². The summed E-state index contributed by atoms with van der Waals surface area (Å²) < 4.78 is 0. The maximum absolute atomic E-state index is 12.1. The molecule has 2 rings (SSSR count). The number of urea groups is 1. The third-order valence-electron chi connectivity index (χ3n) is 3.77. The lowest BCUT2D eigenvalue weighted by Crippen LogP contribution is -2.61. The molecule has 1 atom stereocenters. The fraction of sp³-hybridized carbons (Fsp3) is 0.571. The number of carbonyl (C=O) groups is 2. The van der Waals surface area contributed by atoms with Gasteiger partial charge in [-0.3, -0.25) is 0 Å². The molecule has 1 aliphatic carbocycles. The van der Waals surface area contributed by atoms with Crippen LogP contribution in [0.4, 0.5) is 4.79 Å². The van der Waals surface area contributed by atoms with E-state index >= 15 is 0 Å². The Morgan fingerprint density at radius 1 is 1.40 bits per heavy atom. The average molecular weight is 296 g/mol. The fourth-order valence-corrected chi connectivity index (χ4v) is 3.30. The molecule has 0 bridgehead atoms. The first-order valence-corrected chi connectivity index (χ1v) is 7.68. The van der Waals surface area contributed by atoms with Gasteiger partial charge in [0.15, 0.2) is 0 Å². The first-order valence-electron chi connectivity index (χ1n) is 6.80. The monoisotopic (exact) mass is 296 g/mol. The van der Waals surface area contributed by atoms with Gasteiger partial charge in [0, 0.05) is 4.88 Å². The van der Waals surface area contributed by atoms with Crippen LogP contribution < -0.4 is 10.6 Å². The molecule has 0 radical (unpaired) electrons. The molecular weight excluding hydrogens is 276 g/mol. The van der Waals surface area contributed by atoms with Crippen molar-refractivity contribution in [3.63, 3.8) is 0 Å². The van der Waals surface area contributed by atoms with Crippen molar-refractivity contribution in [2.45, 2.75) is 44.7 Å². The van der Waals surface area contributed by atoms with Gasteiger partial charge in [-0.05, 0) is 36.6 Å². The first kappa shape index (κ1) is 14.8. The van der Waals surface area contributed by atoms with Crippen LogP contribution in [0.25, 0.3) is 0 Å².